The molecule has 2 fully saturated rings. The topological polar surface area (TPSA) is 181 Å². The van der Waals surface area contributed by atoms with Crippen molar-refractivity contribution in [1.29, 1.82) is 0 Å². The van der Waals surface area contributed by atoms with Crippen LogP contribution in [0.2, 0.25) is 72.5 Å². The second kappa shape index (κ2) is 48.1. The van der Waals surface area contributed by atoms with Crippen LogP contribution >= 0.6 is 22.7 Å². The minimum atomic E-state index is -2.12. The van der Waals surface area contributed by atoms with Gasteiger partial charge in [-0.2, -0.15) is 0 Å². The number of unbranched alkanes of at least 4 members (excludes halogenated alkanes) is 6. The molecule has 19 heteroatoms. The molecule has 12 rings (SSSR count). The van der Waals surface area contributed by atoms with Crippen LogP contribution in [0, 0.1) is 29.6 Å². The lowest BCUT2D eigenvalue weighted by atomic mass is 9.81. The van der Waals surface area contributed by atoms with Crippen LogP contribution < -0.4 is 0 Å². The average molecular weight is 1920 g/mol. The van der Waals surface area contributed by atoms with Crippen LogP contribution in [0.4, 0.5) is 0 Å². The van der Waals surface area contributed by atoms with E-state index in [1.54, 1.807) is 12.4 Å². The molecule has 724 valence electrons. The van der Waals surface area contributed by atoms with E-state index < -0.39 is 39.2 Å². The Morgan fingerprint density at radius 3 is 1.29 bits per heavy atom. The Kier molecular flexibility index (Phi) is 39.0. The molecular weight excluding hydrogens is 1750 g/mol. The Morgan fingerprint density at radius 2 is 0.842 bits per heavy atom. The summed E-state index contributed by atoms with van der Waals surface area (Å²) in [5, 5.41) is 25.6. The lowest BCUT2D eigenvalue weighted by molar-refractivity contribution is -0.145. The van der Waals surface area contributed by atoms with Gasteiger partial charge in [0, 0.05) is 98.3 Å². The van der Waals surface area contributed by atoms with Gasteiger partial charge in [0.25, 0.3) is 0 Å². The van der Waals surface area contributed by atoms with E-state index in [-0.39, 0.29) is 81.1 Å². The van der Waals surface area contributed by atoms with Gasteiger partial charge in [0.15, 0.2) is 33.3 Å². The van der Waals surface area contributed by atoms with E-state index in [1.807, 2.05) is 127 Å². The number of fused-ring (bicyclic) bond motifs is 4. The van der Waals surface area contributed by atoms with Gasteiger partial charge >= 0.3 is 11.9 Å². The first kappa shape index (κ1) is 108. The molecule has 2 N–H and O–H groups in total. The highest BCUT2D eigenvalue weighted by Gasteiger charge is 2.53. The summed E-state index contributed by atoms with van der Waals surface area (Å²) in [5.41, 5.74) is 5.86. The number of aliphatic hydroxyl groups excluding tert-OH is 1. The van der Waals surface area contributed by atoms with Crippen molar-refractivity contribution in [3.63, 3.8) is 0 Å². The number of pyridine rings is 2. The Balaban J connectivity index is 0.000000249. The Morgan fingerprint density at radius 1 is 0.436 bits per heavy atom. The number of ketones is 2. The molecule has 0 aliphatic heterocycles. The van der Waals surface area contributed by atoms with Crippen molar-refractivity contribution < 1.29 is 51.8 Å². The molecule has 0 bridgehead atoms. The molecule has 3 unspecified atom stereocenters. The molecule has 10 aromatic rings. The lowest BCUT2D eigenvalue weighted by Crippen LogP contribution is -2.45. The number of benzene rings is 6. The van der Waals surface area contributed by atoms with Gasteiger partial charge in [-0.05, 0) is 276 Å². The fraction of sp³-hybridized carbons (Fsp3) is 0.561. The molecule has 2 aliphatic carbocycles. The smallest absolute Gasteiger partial charge is 0.306 e. The van der Waals surface area contributed by atoms with Crippen molar-refractivity contribution in [2.24, 2.45) is 29.6 Å². The second-order valence-electron chi connectivity index (χ2n) is 45.1. The van der Waals surface area contributed by atoms with Gasteiger partial charge in [0.1, 0.15) is 18.2 Å². The van der Waals surface area contributed by atoms with Gasteiger partial charge in [-0.1, -0.05) is 271 Å². The fourth-order valence-corrected chi connectivity index (χ4v) is 26.6. The van der Waals surface area contributed by atoms with Crippen LogP contribution in [0.25, 0.3) is 41.7 Å². The van der Waals surface area contributed by atoms with Crippen LogP contribution in [0.15, 0.2) is 183 Å². The van der Waals surface area contributed by atoms with E-state index in [9.17, 15) is 19.2 Å². The fourth-order valence-electron chi connectivity index (χ4n) is 18.8. The molecule has 12 atom stereocenters. The molecule has 0 amide bonds. The molecule has 0 radical (unpaired) electrons. The lowest BCUT2D eigenvalue weighted by Gasteiger charge is -2.41. The summed E-state index contributed by atoms with van der Waals surface area (Å²) in [6.45, 7) is 56.8. The standard InChI is InChI=1S/C62H93NO6SSi3.C31H50O3SSi.C21H21NO2/c1-17-50(53(64)39-45-30-33-49-42-63-37-36-47(49)38-45)46-31-28-44(29-32-46)43-66-59(65)27-21-19-18-20-25-51-52(56(69-73(15,16)62(8,9)10)41-55(51)68-72(13,14)61(5,6)7)34-35-54(67-71(11,12)60(2,3)4)58-40-48-24-22-23-26-57(48)70-58;1-22(29-21-24-14-12-13-16-28(24)35-29)18-19-25-23(2)20-27(34-36(6,7)31(3,4)5)26(25)15-10-8-9-11-17-30(32)33;1-2-20(17-6-3-15(14-23)4-7-17)21(24)12-16-5-8-19-13-22-10-9-18(19)11-16/h22-24,26,28-33,36-38,40,42,50-52,54-56H,17-21,25,27,34-35,39,41,43H2,1-16H3;12-14,16,21-23,25-27H,8-11,15,17-20H2,1-7H3,(H,32,33);3-11,13,20,23H,2,12,14H2,1H3/t50?,51?,52-,54-,55+,56-;22-,23-,25+,26-,27+;/m11./s1. The van der Waals surface area contributed by atoms with E-state index in [4.69, 9.17) is 32.7 Å². The monoisotopic (exact) mass is 1910 g/mol. The molecule has 2 saturated carbocycles. The predicted molar refractivity (Wildman–Crippen MR) is 569 cm³/mol. The maximum Gasteiger partial charge on any atom is 0.306 e. The maximum absolute atomic E-state index is 13.5. The number of ether oxygens (including phenoxy) is 1. The van der Waals surface area contributed by atoms with Crippen LogP contribution in [0.1, 0.15) is 306 Å². The van der Waals surface area contributed by atoms with Crippen molar-refractivity contribution in [2.75, 3.05) is 0 Å². The molecule has 2 aliphatic rings. The summed E-state index contributed by atoms with van der Waals surface area (Å²) in [6.07, 6.45) is 28.0. The van der Waals surface area contributed by atoms with Gasteiger partial charge in [0.05, 0.1) is 24.9 Å². The van der Waals surface area contributed by atoms with Crippen molar-refractivity contribution in [2.45, 2.75) is 380 Å². The molecule has 133 heavy (non-hydrogen) atoms. The number of nitrogens with zero attached hydrogens (tertiary/aromatic N) is 2. The summed E-state index contributed by atoms with van der Waals surface area (Å²) < 4.78 is 38.1. The summed E-state index contributed by atoms with van der Waals surface area (Å²) >= 11 is 3.87. The number of Topliss-reactive ketones (excluding diaryl/α,β-unsaturated/α-hetero) is 2. The maximum atomic E-state index is 13.5. The highest BCUT2D eigenvalue weighted by molar-refractivity contribution is 7.19. The predicted octanol–water partition coefficient (Wildman–Crippen LogP) is 32.0. The number of aromatic nitrogens is 2. The van der Waals surface area contributed by atoms with E-state index in [1.165, 1.54) is 62.0 Å². The second-order valence-corrected chi connectivity index (χ2v) is 66.3. The normalized spacial score (nSPS) is 19.2. The number of carbonyl (C=O) groups excluding carboxylic acids is 3. The van der Waals surface area contributed by atoms with Gasteiger partial charge < -0.3 is 32.7 Å². The third kappa shape index (κ3) is 30.3. The van der Waals surface area contributed by atoms with Gasteiger partial charge in [-0.15, -0.1) is 22.7 Å². The van der Waals surface area contributed by atoms with Crippen LogP contribution in [0.3, 0.4) is 0 Å². The van der Waals surface area contributed by atoms with E-state index in [0.29, 0.717) is 61.4 Å². The molecule has 13 nitrogen and oxygen atoms in total. The number of carboxylic acid groups (broad SMARTS) is 1. The quantitative estimate of drug-likeness (QED) is 0.0210. The molecule has 6 aromatic carbocycles. The van der Waals surface area contributed by atoms with Crippen molar-refractivity contribution in [3.8, 4) is 0 Å². The summed E-state index contributed by atoms with van der Waals surface area (Å²) in [5.74, 6) is 2.68. The zero-order chi connectivity index (χ0) is 97.0. The molecule has 4 aromatic heterocycles. The first-order chi connectivity index (χ1) is 62.7. The Bertz CT molecular complexity index is 5300. The number of hydrogen-bond acceptors (Lipinski definition) is 14. The van der Waals surface area contributed by atoms with Gasteiger partial charge in [-0.25, -0.2) is 0 Å². The Labute approximate surface area is 812 Å². The number of hydrogen-bond donors (Lipinski definition) is 2. The van der Waals surface area contributed by atoms with Crippen LogP contribution in [-0.4, -0.2) is 95.3 Å². The minimum Gasteiger partial charge on any atom is -0.481 e. The largest absolute Gasteiger partial charge is 0.481 e. The number of esters is 1. The third-order valence-corrected chi connectivity index (χ3v) is 51.7. The molecule has 0 saturated heterocycles. The minimum absolute atomic E-state index is 0.0248. The number of aliphatic hydroxyl groups is 1. The average Bonchev–Trinajstić information content (AvgIpc) is 1.63. The van der Waals surface area contributed by atoms with Gasteiger partial charge in [0.2, 0.25) is 0 Å². The highest BCUT2D eigenvalue weighted by atomic mass is 32.1. The van der Waals surface area contributed by atoms with E-state index >= 15 is 0 Å². The SMILES string of the molecule is CCC(C(=O)Cc1ccc2cnccc2c1)c1ccc(CO)cc1.CCC(C(=O)Cc1ccc2cnccc2c1)c1ccc(COC(=O)CCCCCCC2[C@@H](O[Si](C)(C)C(C)(C)C)C[C@@H](O[Si](C)(C)C(C)(C)C)[C@@H]2CC[C@@H](O[Si](C)(C)C(C)(C)C)c2cc3ccccc3s2)cc1.C[C@H](CC[C@@H]1[C@@H](CCCCCCC(=O)O)[C@@H](O[Si](C)(C)C(C)(C)C)C[C@H]1C)c1cc2ccccc2s1. The van der Waals surface area contributed by atoms with Crippen molar-refractivity contribution >= 4 is 121 Å². The van der Waals surface area contributed by atoms with Crippen LogP contribution in [0.5, 0.6) is 0 Å². The van der Waals surface area contributed by atoms with E-state index in [0.717, 1.165) is 144 Å². The number of carboxylic acids is 1. The van der Waals surface area contributed by atoms with Crippen molar-refractivity contribution in [1.82, 2.24) is 9.97 Å². The summed E-state index contributed by atoms with van der Waals surface area (Å²) in [4.78, 5) is 61.4. The highest BCUT2D eigenvalue weighted by Crippen LogP contribution is 2.53. The Hall–Kier alpha value is -6.99. The molecule has 4 heterocycles. The first-order valence-electron chi connectivity index (χ1n) is 50.2. The van der Waals surface area contributed by atoms with E-state index in [2.05, 4.69) is 239 Å². The number of aliphatic carboxylic acids is 1. The zero-order valence-electron chi connectivity index (χ0n) is 85.5. The third-order valence-electron chi connectivity index (χ3n) is 31.2. The van der Waals surface area contributed by atoms with Crippen molar-refractivity contribution in [3.05, 3.63) is 226 Å². The first-order valence-corrected chi connectivity index (χ1v) is 63.5. The number of rotatable bonds is 43. The summed E-state index contributed by atoms with van der Waals surface area (Å²) in [7, 11) is -8.16. The van der Waals surface area contributed by atoms with Crippen LogP contribution in [-0.2, 0) is 67.7 Å². The number of carbonyl (C=O) groups is 4. The number of thiophene rings is 2. The van der Waals surface area contributed by atoms with Gasteiger partial charge in [-0.3, -0.25) is 29.1 Å². The zero-order valence-corrected chi connectivity index (χ0v) is 91.1. The molecule has 0 spiro atoms. The molecular formula is C114H164N2O11S2Si4. The summed E-state index contributed by atoms with van der Waals surface area (Å²) in [6, 6.07) is 54.2.